The molecule has 10 nitrogen and oxygen atoms in total. The molecule has 0 unspecified atom stereocenters. The SMILES string of the molecule is Cc1cc(/C=C/C(=O)N2CCON(C(=O)O)CC2)cc(C)c1Oc1ccc(OCc2ccc(C#N)cc2)cn1. The van der Waals surface area contributed by atoms with Crippen LogP contribution in [-0.4, -0.2) is 58.3 Å². The number of carbonyl (C=O) groups is 2. The largest absolute Gasteiger partial charge is 0.487 e. The molecule has 39 heavy (non-hydrogen) atoms. The van der Waals surface area contributed by atoms with Crippen molar-refractivity contribution in [3.63, 3.8) is 0 Å². The number of benzene rings is 2. The Kier molecular flexibility index (Phi) is 8.76. The quantitative estimate of drug-likeness (QED) is 0.437. The van der Waals surface area contributed by atoms with Crippen LogP contribution < -0.4 is 9.47 Å². The molecule has 0 atom stereocenters. The van der Waals surface area contributed by atoms with Crippen molar-refractivity contribution in [2.24, 2.45) is 0 Å². The van der Waals surface area contributed by atoms with E-state index in [0.29, 0.717) is 36.1 Å². The first kappa shape index (κ1) is 27.2. The molecule has 1 saturated heterocycles. The number of aromatic nitrogens is 1. The first-order valence-electron chi connectivity index (χ1n) is 12.3. The van der Waals surface area contributed by atoms with Gasteiger partial charge in [0.25, 0.3) is 0 Å². The summed E-state index contributed by atoms with van der Waals surface area (Å²) in [6.07, 6.45) is 3.62. The molecule has 4 rings (SSSR count). The monoisotopic (exact) mass is 528 g/mol. The normalized spacial score (nSPS) is 13.6. The molecule has 3 aromatic rings. The van der Waals surface area contributed by atoms with Gasteiger partial charge < -0.3 is 19.5 Å². The number of nitriles is 1. The number of ether oxygens (including phenoxy) is 2. The Hall–Kier alpha value is -4.88. The second-order valence-electron chi connectivity index (χ2n) is 8.89. The van der Waals surface area contributed by atoms with Gasteiger partial charge in [-0.05, 0) is 72.5 Å². The van der Waals surface area contributed by atoms with Crippen molar-refractivity contribution < 1.29 is 29.0 Å². The molecule has 1 N–H and O–H groups in total. The average molecular weight is 529 g/mol. The Morgan fingerprint density at radius 2 is 1.85 bits per heavy atom. The van der Waals surface area contributed by atoms with E-state index in [9.17, 15) is 9.59 Å². The molecule has 0 aliphatic carbocycles. The highest BCUT2D eigenvalue weighted by atomic mass is 16.7. The second kappa shape index (κ2) is 12.6. The maximum Gasteiger partial charge on any atom is 0.431 e. The molecule has 0 radical (unpaired) electrons. The van der Waals surface area contributed by atoms with Crippen LogP contribution in [0.2, 0.25) is 0 Å². The first-order chi connectivity index (χ1) is 18.8. The van der Waals surface area contributed by atoms with Crippen molar-refractivity contribution in [3.05, 3.63) is 88.6 Å². The first-order valence-corrected chi connectivity index (χ1v) is 12.3. The van der Waals surface area contributed by atoms with Crippen molar-refractivity contribution in [2.45, 2.75) is 20.5 Å². The molecule has 1 aliphatic heterocycles. The number of amides is 2. The fraction of sp³-hybridized carbons (Fsp3) is 0.241. The lowest BCUT2D eigenvalue weighted by Crippen LogP contribution is -2.35. The van der Waals surface area contributed by atoms with Crippen LogP contribution in [0.4, 0.5) is 4.79 Å². The van der Waals surface area contributed by atoms with E-state index < -0.39 is 6.09 Å². The molecule has 1 fully saturated rings. The maximum atomic E-state index is 12.6. The molecule has 10 heteroatoms. The zero-order chi connectivity index (χ0) is 27.8. The smallest absolute Gasteiger partial charge is 0.431 e. The van der Waals surface area contributed by atoms with Gasteiger partial charge in [-0.15, -0.1) is 0 Å². The zero-order valence-electron chi connectivity index (χ0n) is 21.7. The number of carbonyl (C=O) groups excluding carboxylic acids is 1. The minimum absolute atomic E-state index is 0.0947. The minimum atomic E-state index is -1.17. The van der Waals surface area contributed by atoms with Crippen LogP contribution in [-0.2, 0) is 16.2 Å². The molecular weight excluding hydrogens is 500 g/mol. The van der Waals surface area contributed by atoms with E-state index >= 15 is 0 Å². The minimum Gasteiger partial charge on any atom is -0.487 e. The third kappa shape index (κ3) is 7.34. The van der Waals surface area contributed by atoms with Gasteiger partial charge in [-0.2, -0.15) is 10.3 Å². The predicted molar refractivity (Wildman–Crippen MR) is 142 cm³/mol. The van der Waals surface area contributed by atoms with Gasteiger partial charge in [-0.1, -0.05) is 12.1 Å². The van der Waals surface area contributed by atoms with Gasteiger partial charge in [0.2, 0.25) is 11.8 Å². The summed E-state index contributed by atoms with van der Waals surface area (Å²) in [5, 5.41) is 18.8. The number of hydrogen-bond donors (Lipinski definition) is 1. The highest BCUT2D eigenvalue weighted by Gasteiger charge is 2.21. The number of aryl methyl sites for hydroxylation is 2. The van der Waals surface area contributed by atoms with Crippen LogP contribution in [0.25, 0.3) is 6.08 Å². The van der Waals surface area contributed by atoms with Gasteiger partial charge in [-0.25, -0.2) is 9.78 Å². The molecular formula is C29H28N4O6. The van der Waals surface area contributed by atoms with Crippen LogP contribution >= 0.6 is 0 Å². The summed E-state index contributed by atoms with van der Waals surface area (Å²) in [6, 6.07) is 16.6. The van der Waals surface area contributed by atoms with Crippen molar-refractivity contribution in [2.75, 3.05) is 26.2 Å². The summed E-state index contributed by atoms with van der Waals surface area (Å²) in [6.45, 7) is 4.98. The summed E-state index contributed by atoms with van der Waals surface area (Å²) in [7, 11) is 0. The van der Waals surface area contributed by atoms with Crippen LogP contribution in [0.15, 0.2) is 60.8 Å². The molecule has 2 heterocycles. The van der Waals surface area contributed by atoms with Crippen molar-refractivity contribution in [1.29, 1.82) is 5.26 Å². The Balaban J connectivity index is 1.34. The van der Waals surface area contributed by atoms with Crippen LogP contribution in [0.3, 0.4) is 0 Å². The topological polar surface area (TPSA) is 125 Å². The van der Waals surface area contributed by atoms with Crippen LogP contribution in [0.5, 0.6) is 17.4 Å². The van der Waals surface area contributed by atoms with Gasteiger partial charge in [0.05, 0.1) is 31.0 Å². The summed E-state index contributed by atoms with van der Waals surface area (Å²) < 4.78 is 11.8. The molecule has 0 spiro atoms. The Bertz CT molecular complexity index is 1370. The lowest BCUT2D eigenvalue weighted by molar-refractivity contribution is -0.126. The molecule has 2 amide bonds. The third-order valence-electron chi connectivity index (χ3n) is 6.01. The lowest BCUT2D eigenvalue weighted by atomic mass is 10.1. The molecule has 0 saturated carbocycles. The van der Waals surface area contributed by atoms with E-state index in [1.54, 1.807) is 41.4 Å². The van der Waals surface area contributed by atoms with E-state index in [-0.39, 0.29) is 25.6 Å². The molecule has 1 aromatic heterocycles. The van der Waals surface area contributed by atoms with Gasteiger partial charge >= 0.3 is 6.09 Å². The van der Waals surface area contributed by atoms with Crippen LogP contribution in [0, 0.1) is 25.2 Å². The fourth-order valence-corrected chi connectivity index (χ4v) is 3.99. The zero-order valence-corrected chi connectivity index (χ0v) is 21.7. The number of nitrogens with zero attached hydrogens (tertiary/aromatic N) is 4. The molecule has 1 aliphatic rings. The lowest BCUT2D eigenvalue weighted by Gasteiger charge is -2.17. The standard InChI is InChI=1S/C29H28N4O6/c1-20-15-24(7-10-27(34)32-11-12-33(29(35)36)38-14-13-32)16-21(2)28(20)39-26-9-8-25(18-31-26)37-19-23-5-3-22(17-30)4-6-23/h3-10,15-16,18H,11-14,19H2,1-2H3,(H,35,36)/b10-7+. The number of carboxylic acid groups (broad SMARTS) is 1. The second-order valence-corrected chi connectivity index (χ2v) is 8.89. The fourth-order valence-electron chi connectivity index (χ4n) is 3.99. The maximum absolute atomic E-state index is 12.6. The molecule has 2 aromatic carbocycles. The van der Waals surface area contributed by atoms with Gasteiger partial charge in [0, 0.05) is 25.2 Å². The predicted octanol–water partition coefficient (Wildman–Crippen LogP) is 4.71. The van der Waals surface area contributed by atoms with Crippen LogP contribution in [0.1, 0.15) is 27.8 Å². The van der Waals surface area contributed by atoms with Crippen molar-refractivity contribution in [1.82, 2.24) is 14.9 Å². The number of hydroxylamine groups is 2. The van der Waals surface area contributed by atoms with Gasteiger partial charge in [0.15, 0.2) is 0 Å². The Labute approximate surface area is 226 Å². The van der Waals surface area contributed by atoms with Gasteiger partial charge in [-0.3, -0.25) is 9.63 Å². The van der Waals surface area contributed by atoms with Crippen molar-refractivity contribution in [3.8, 4) is 23.4 Å². The third-order valence-corrected chi connectivity index (χ3v) is 6.01. The van der Waals surface area contributed by atoms with Crippen molar-refractivity contribution >= 4 is 18.1 Å². The van der Waals surface area contributed by atoms with E-state index in [0.717, 1.165) is 27.3 Å². The summed E-state index contributed by atoms with van der Waals surface area (Å²) in [5.41, 5.74) is 4.14. The number of hydrogen-bond acceptors (Lipinski definition) is 7. The average Bonchev–Trinajstić information content (AvgIpc) is 3.20. The van der Waals surface area contributed by atoms with E-state index in [4.69, 9.17) is 24.7 Å². The van der Waals surface area contributed by atoms with E-state index in [2.05, 4.69) is 11.1 Å². The highest BCUT2D eigenvalue weighted by molar-refractivity contribution is 5.92. The molecule has 0 bridgehead atoms. The summed E-state index contributed by atoms with van der Waals surface area (Å²) in [4.78, 5) is 34.7. The Morgan fingerprint density at radius 3 is 2.49 bits per heavy atom. The van der Waals surface area contributed by atoms with E-state index in [1.807, 2.05) is 38.1 Å². The van der Waals surface area contributed by atoms with E-state index in [1.165, 1.54) is 6.08 Å². The summed E-state index contributed by atoms with van der Waals surface area (Å²) >= 11 is 0. The summed E-state index contributed by atoms with van der Waals surface area (Å²) in [5.74, 6) is 1.48. The van der Waals surface area contributed by atoms with Gasteiger partial charge in [0.1, 0.15) is 18.1 Å². The highest BCUT2D eigenvalue weighted by Crippen LogP contribution is 2.30. The Morgan fingerprint density at radius 1 is 1.10 bits per heavy atom. The molecule has 200 valence electrons. The number of rotatable bonds is 7. The number of pyridine rings is 1.